The van der Waals surface area contributed by atoms with Gasteiger partial charge in [-0.15, -0.1) is 0 Å². The molecule has 0 aliphatic carbocycles. The standard InChI is InChI=1S/C36H29P/c1-5-13-29(14-6-1)31-21-25-35(26-22-31)37(33-17-9-3-10-18-33,34-19-11-4-12-20-34)36-27-23-32(24-28-36)30-15-7-2-8-16-30/h1-28,37H. The van der Waals surface area contributed by atoms with E-state index < -0.39 is 7.26 Å². The van der Waals surface area contributed by atoms with Crippen molar-refractivity contribution in [3.63, 3.8) is 0 Å². The Balaban J connectivity index is 1.57. The molecule has 6 aromatic rings. The molecule has 0 aromatic heterocycles. The molecule has 0 aliphatic rings. The molecule has 0 fully saturated rings. The summed E-state index contributed by atoms with van der Waals surface area (Å²) < 4.78 is 0. The first-order valence-corrected chi connectivity index (χ1v) is 14.8. The molecule has 37 heavy (non-hydrogen) atoms. The first-order chi connectivity index (χ1) is 18.4. The van der Waals surface area contributed by atoms with Crippen molar-refractivity contribution in [3.8, 4) is 22.3 Å². The van der Waals surface area contributed by atoms with E-state index in [0.717, 1.165) is 0 Å². The van der Waals surface area contributed by atoms with Crippen molar-refractivity contribution in [1.29, 1.82) is 0 Å². The molecule has 6 aromatic carbocycles. The van der Waals surface area contributed by atoms with E-state index in [2.05, 4.69) is 170 Å². The van der Waals surface area contributed by atoms with Crippen molar-refractivity contribution >= 4 is 28.5 Å². The van der Waals surface area contributed by atoms with Crippen LogP contribution >= 0.6 is 7.26 Å². The average Bonchev–Trinajstić information content (AvgIpc) is 3.00. The van der Waals surface area contributed by atoms with Gasteiger partial charge in [-0.25, -0.2) is 0 Å². The molecule has 0 saturated carbocycles. The average molecular weight is 493 g/mol. The van der Waals surface area contributed by atoms with Crippen LogP contribution in [0.5, 0.6) is 0 Å². The fourth-order valence-corrected chi connectivity index (χ4v) is 10.2. The van der Waals surface area contributed by atoms with Gasteiger partial charge in [0, 0.05) is 0 Å². The fourth-order valence-electron chi connectivity index (χ4n) is 5.46. The Morgan fingerprint density at radius 1 is 0.216 bits per heavy atom. The van der Waals surface area contributed by atoms with Gasteiger partial charge in [-0.3, -0.25) is 0 Å². The zero-order chi connectivity index (χ0) is 24.9. The number of rotatable bonds is 6. The topological polar surface area (TPSA) is 0 Å². The van der Waals surface area contributed by atoms with Crippen molar-refractivity contribution in [2.24, 2.45) is 0 Å². The van der Waals surface area contributed by atoms with Gasteiger partial charge in [0.05, 0.1) is 0 Å². The van der Waals surface area contributed by atoms with Crippen LogP contribution in [0.1, 0.15) is 0 Å². The summed E-state index contributed by atoms with van der Waals surface area (Å²) in [4.78, 5) is 0. The van der Waals surface area contributed by atoms with E-state index in [-0.39, 0.29) is 0 Å². The van der Waals surface area contributed by atoms with Crippen LogP contribution in [0.25, 0.3) is 22.3 Å². The van der Waals surface area contributed by atoms with Gasteiger partial charge in [0.2, 0.25) is 0 Å². The summed E-state index contributed by atoms with van der Waals surface area (Å²) in [6, 6.07) is 62.0. The van der Waals surface area contributed by atoms with Gasteiger partial charge in [0.1, 0.15) is 0 Å². The quantitative estimate of drug-likeness (QED) is 0.213. The number of hydrogen-bond acceptors (Lipinski definition) is 0. The summed E-state index contributed by atoms with van der Waals surface area (Å²) >= 11 is 0. The fraction of sp³-hybridized carbons (Fsp3) is 0. The molecular formula is C36H29P. The van der Waals surface area contributed by atoms with Crippen molar-refractivity contribution in [2.45, 2.75) is 0 Å². The summed E-state index contributed by atoms with van der Waals surface area (Å²) in [7, 11) is -2.55. The van der Waals surface area contributed by atoms with E-state index in [9.17, 15) is 0 Å². The second kappa shape index (κ2) is 10.4. The molecule has 6 rings (SSSR count). The molecule has 0 amide bonds. The molecule has 0 nitrogen and oxygen atoms in total. The molecule has 0 unspecified atom stereocenters. The molecule has 0 heterocycles. The van der Waals surface area contributed by atoms with E-state index in [1.807, 2.05) is 0 Å². The first kappa shape index (κ1) is 23.2. The van der Waals surface area contributed by atoms with Crippen LogP contribution in [0.3, 0.4) is 0 Å². The predicted molar refractivity (Wildman–Crippen MR) is 163 cm³/mol. The van der Waals surface area contributed by atoms with Gasteiger partial charge < -0.3 is 0 Å². The Labute approximate surface area is 220 Å². The third-order valence-corrected chi connectivity index (χ3v) is 12.1. The summed E-state index contributed by atoms with van der Waals surface area (Å²) in [6.45, 7) is 0. The normalized spacial score (nSPS) is 11.7. The van der Waals surface area contributed by atoms with Crippen LogP contribution in [0.2, 0.25) is 0 Å². The maximum absolute atomic E-state index is 2.55. The molecule has 0 aliphatic heterocycles. The van der Waals surface area contributed by atoms with Crippen molar-refractivity contribution in [1.82, 2.24) is 0 Å². The van der Waals surface area contributed by atoms with Crippen molar-refractivity contribution < 1.29 is 0 Å². The molecule has 0 radical (unpaired) electrons. The zero-order valence-corrected chi connectivity index (χ0v) is 21.7. The van der Waals surface area contributed by atoms with Gasteiger partial charge in [-0.2, -0.15) is 0 Å². The monoisotopic (exact) mass is 492 g/mol. The molecule has 0 bridgehead atoms. The van der Waals surface area contributed by atoms with Gasteiger partial charge >= 0.3 is 221 Å². The Hall–Kier alpha value is -4.25. The molecule has 0 N–H and O–H groups in total. The summed E-state index contributed by atoms with van der Waals surface area (Å²) in [5, 5.41) is 5.55. The van der Waals surface area contributed by atoms with E-state index in [0.29, 0.717) is 0 Å². The Kier molecular flexibility index (Phi) is 6.51. The van der Waals surface area contributed by atoms with Gasteiger partial charge in [0.25, 0.3) is 0 Å². The molecule has 178 valence electrons. The predicted octanol–water partition coefficient (Wildman–Crippen LogP) is 7.37. The van der Waals surface area contributed by atoms with Crippen LogP contribution < -0.4 is 21.2 Å². The maximum atomic E-state index is 2.36. The van der Waals surface area contributed by atoms with Crippen molar-refractivity contribution in [2.75, 3.05) is 0 Å². The third-order valence-electron chi connectivity index (χ3n) is 7.26. The molecule has 1 heteroatoms. The second-order valence-corrected chi connectivity index (χ2v) is 13.2. The third kappa shape index (κ3) is 4.42. The molecule has 0 spiro atoms. The van der Waals surface area contributed by atoms with Gasteiger partial charge in [-0.05, 0) is 0 Å². The van der Waals surface area contributed by atoms with Crippen LogP contribution in [-0.2, 0) is 0 Å². The Morgan fingerprint density at radius 3 is 0.784 bits per heavy atom. The molecule has 0 atom stereocenters. The van der Waals surface area contributed by atoms with E-state index in [1.54, 1.807) is 0 Å². The summed E-state index contributed by atoms with van der Waals surface area (Å²) in [6.07, 6.45) is 0. The minimum atomic E-state index is -2.55. The van der Waals surface area contributed by atoms with E-state index in [1.165, 1.54) is 43.5 Å². The van der Waals surface area contributed by atoms with Gasteiger partial charge in [-0.1, -0.05) is 0 Å². The van der Waals surface area contributed by atoms with Crippen LogP contribution in [-0.4, -0.2) is 0 Å². The second-order valence-electron chi connectivity index (χ2n) is 9.37. The zero-order valence-electron chi connectivity index (χ0n) is 20.7. The van der Waals surface area contributed by atoms with Crippen LogP contribution in [0, 0.1) is 0 Å². The molecule has 0 saturated heterocycles. The van der Waals surface area contributed by atoms with E-state index in [4.69, 9.17) is 0 Å². The Bertz CT molecular complexity index is 1430. The van der Waals surface area contributed by atoms with Crippen molar-refractivity contribution in [3.05, 3.63) is 170 Å². The Morgan fingerprint density at radius 2 is 0.459 bits per heavy atom. The van der Waals surface area contributed by atoms with Crippen LogP contribution in [0.15, 0.2) is 170 Å². The number of benzene rings is 6. The minimum absolute atomic E-state index is 1.24. The van der Waals surface area contributed by atoms with Gasteiger partial charge in [0.15, 0.2) is 0 Å². The summed E-state index contributed by atoms with van der Waals surface area (Å²) in [5.74, 6) is 0. The number of hydrogen-bond donors (Lipinski definition) is 0. The molecular weight excluding hydrogens is 463 g/mol. The van der Waals surface area contributed by atoms with E-state index >= 15 is 0 Å². The summed E-state index contributed by atoms with van der Waals surface area (Å²) in [5.41, 5.74) is 4.97. The first-order valence-electron chi connectivity index (χ1n) is 12.8. The van der Waals surface area contributed by atoms with Crippen LogP contribution in [0.4, 0.5) is 0 Å². The SMILES string of the molecule is c1ccc(-c2ccc([PH](c3ccccc3)(c3ccccc3)c3ccc(-c4ccccc4)cc3)cc2)cc1.